The minimum atomic E-state index is 0.761. The zero-order chi connectivity index (χ0) is 15.2. The van der Waals surface area contributed by atoms with E-state index in [-0.39, 0.29) is 0 Å². The van der Waals surface area contributed by atoms with Gasteiger partial charge in [-0.15, -0.1) is 0 Å². The molecule has 1 N–H and O–H groups in total. The number of hydrogen-bond donors (Lipinski definition) is 1. The van der Waals surface area contributed by atoms with E-state index in [4.69, 9.17) is 23.2 Å². The van der Waals surface area contributed by atoms with Gasteiger partial charge in [0.1, 0.15) is 0 Å². The second-order valence-electron chi connectivity index (χ2n) is 5.00. The Morgan fingerprint density at radius 2 is 1.76 bits per heavy atom. The van der Waals surface area contributed by atoms with Crippen LogP contribution in [0, 0.1) is 0 Å². The van der Waals surface area contributed by atoms with E-state index in [1.807, 2.05) is 36.4 Å². The lowest BCUT2D eigenvalue weighted by Gasteiger charge is -2.23. The summed E-state index contributed by atoms with van der Waals surface area (Å²) in [6.45, 7) is 4.60. The van der Waals surface area contributed by atoms with Crippen LogP contribution in [0.4, 0.5) is 5.69 Å². The number of nitrogens with one attached hydrogen (secondary N) is 1. The Kier molecular flexibility index (Phi) is 5.92. The lowest BCUT2D eigenvalue weighted by molar-refractivity contribution is 0.723. The van der Waals surface area contributed by atoms with Gasteiger partial charge in [-0.05, 0) is 36.4 Å². The van der Waals surface area contributed by atoms with Gasteiger partial charge in [0.15, 0.2) is 0 Å². The quantitative estimate of drug-likeness (QED) is 0.826. The van der Waals surface area contributed by atoms with Crippen molar-refractivity contribution in [1.82, 2.24) is 5.32 Å². The Morgan fingerprint density at radius 1 is 1.05 bits per heavy atom. The smallest absolute Gasteiger partial charge is 0.0471 e. The van der Waals surface area contributed by atoms with Gasteiger partial charge < -0.3 is 10.2 Å². The average molecular weight is 323 g/mol. The van der Waals surface area contributed by atoms with Crippen LogP contribution in [0.5, 0.6) is 0 Å². The molecule has 2 rings (SSSR count). The van der Waals surface area contributed by atoms with Crippen LogP contribution in [0.1, 0.15) is 18.1 Å². The third-order valence-corrected chi connectivity index (χ3v) is 4.00. The summed E-state index contributed by atoms with van der Waals surface area (Å²) in [6, 6.07) is 14.0. The first kappa shape index (κ1) is 16.2. The molecule has 0 fully saturated rings. The van der Waals surface area contributed by atoms with E-state index in [1.165, 1.54) is 5.56 Å². The zero-order valence-electron chi connectivity index (χ0n) is 12.4. The molecule has 0 saturated heterocycles. The molecule has 0 heterocycles. The second-order valence-corrected chi connectivity index (χ2v) is 5.84. The van der Waals surface area contributed by atoms with Crippen LogP contribution in [0.3, 0.4) is 0 Å². The molecule has 0 saturated carbocycles. The summed E-state index contributed by atoms with van der Waals surface area (Å²) >= 11 is 12.3. The van der Waals surface area contributed by atoms with Crippen molar-refractivity contribution in [1.29, 1.82) is 0 Å². The highest BCUT2D eigenvalue weighted by Gasteiger charge is 2.11. The van der Waals surface area contributed by atoms with Crippen LogP contribution in [-0.4, -0.2) is 13.6 Å². The summed E-state index contributed by atoms with van der Waals surface area (Å²) in [5.41, 5.74) is 3.51. The number of rotatable bonds is 6. The van der Waals surface area contributed by atoms with E-state index in [0.717, 1.165) is 40.9 Å². The van der Waals surface area contributed by atoms with Crippen LogP contribution in [-0.2, 0) is 13.1 Å². The molecule has 21 heavy (non-hydrogen) atoms. The van der Waals surface area contributed by atoms with Crippen molar-refractivity contribution < 1.29 is 0 Å². The first-order chi connectivity index (χ1) is 10.1. The molecule has 0 aliphatic rings. The van der Waals surface area contributed by atoms with Crippen molar-refractivity contribution in [2.75, 3.05) is 18.5 Å². The van der Waals surface area contributed by atoms with Crippen LogP contribution in [0.15, 0.2) is 42.5 Å². The molecule has 0 unspecified atom stereocenters. The molecule has 2 aromatic carbocycles. The molecular formula is C17H20Cl2N2. The summed E-state index contributed by atoms with van der Waals surface area (Å²) in [5, 5.41) is 4.91. The zero-order valence-corrected chi connectivity index (χ0v) is 13.9. The highest BCUT2D eigenvalue weighted by molar-refractivity contribution is 6.31. The van der Waals surface area contributed by atoms with Crippen LogP contribution < -0.4 is 10.2 Å². The van der Waals surface area contributed by atoms with E-state index in [1.54, 1.807) is 0 Å². The molecular weight excluding hydrogens is 303 g/mol. The number of anilines is 1. The van der Waals surface area contributed by atoms with Crippen molar-refractivity contribution in [3.8, 4) is 0 Å². The Hall–Kier alpha value is -1.22. The molecule has 0 spiro atoms. The molecule has 4 heteroatoms. The van der Waals surface area contributed by atoms with Crippen LogP contribution in [0.25, 0.3) is 0 Å². The van der Waals surface area contributed by atoms with E-state index >= 15 is 0 Å². The number of nitrogens with zero attached hydrogens (tertiary/aromatic N) is 1. The predicted octanol–water partition coefficient (Wildman–Crippen LogP) is 4.74. The normalized spacial score (nSPS) is 10.7. The number of benzene rings is 2. The molecule has 0 radical (unpaired) electrons. The van der Waals surface area contributed by atoms with Gasteiger partial charge in [0.25, 0.3) is 0 Å². The van der Waals surface area contributed by atoms with Crippen molar-refractivity contribution in [2.45, 2.75) is 20.0 Å². The Labute approximate surface area is 136 Å². The van der Waals surface area contributed by atoms with Crippen molar-refractivity contribution in [3.63, 3.8) is 0 Å². The summed E-state index contributed by atoms with van der Waals surface area (Å²) in [4.78, 5) is 2.21. The third-order valence-electron chi connectivity index (χ3n) is 3.39. The molecule has 0 aliphatic carbocycles. The molecule has 0 atom stereocenters. The fourth-order valence-electron chi connectivity index (χ4n) is 2.28. The summed E-state index contributed by atoms with van der Waals surface area (Å²) in [7, 11) is 2.08. The molecule has 0 aliphatic heterocycles. The Balaban J connectivity index is 2.19. The Morgan fingerprint density at radius 3 is 2.43 bits per heavy atom. The molecule has 2 nitrogen and oxygen atoms in total. The SMILES string of the molecule is CCNCc1c(Cl)cccc1N(C)Cc1ccc(Cl)cc1. The number of halogens is 2. The average Bonchev–Trinajstić information content (AvgIpc) is 2.48. The maximum absolute atomic E-state index is 6.35. The highest BCUT2D eigenvalue weighted by atomic mass is 35.5. The van der Waals surface area contributed by atoms with E-state index < -0.39 is 0 Å². The molecule has 2 aromatic rings. The summed E-state index contributed by atoms with van der Waals surface area (Å²) < 4.78 is 0. The number of hydrogen-bond acceptors (Lipinski definition) is 2. The molecule has 112 valence electrons. The maximum atomic E-state index is 6.35. The van der Waals surface area contributed by atoms with Gasteiger partial charge in [-0.1, -0.05) is 48.3 Å². The fraction of sp³-hybridized carbons (Fsp3) is 0.294. The van der Waals surface area contributed by atoms with Crippen LogP contribution in [0.2, 0.25) is 10.0 Å². The minimum Gasteiger partial charge on any atom is -0.370 e. The predicted molar refractivity (Wildman–Crippen MR) is 92.4 cm³/mol. The van der Waals surface area contributed by atoms with Gasteiger partial charge >= 0.3 is 0 Å². The standard InChI is InChI=1S/C17H20Cl2N2/c1-3-20-11-15-16(19)5-4-6-17(15)21(2)12-13-7-9-14(18)10-8-13/h4-10,20H,3,11-12H2,1-2H3. The van der Waals surface area contributed by atoms with Gasteiger partial charge in [-0.3, -0.25) is 0 Å². The van der Waals surface area contributed by atoms with E-state index in [0.29, 0.717) is 0 Å². The molecule has 0 bridgehead atoms. The van der Waals surface area contributed by atoms with Gasteiger partial charge in [-0.25, -0.2) is 0 Å². The first-order valence-electron chi connectivity index (χ1n) is 7.05. The minimum absolute atomic E-state index is 0.761. The Bertz CT molecular complexity index is 582. The van der Waals surface area contributed by atoms with Crippen LogP contribution >= 0.6 is 23.2 Å². The lowest BCUT2D eigenvalue weighted by atomic mass is 10.1. The largest absolute Gasteiger partial charge is 0.370 e. The fourth-order valence-corrected chi connectivity index (χ4v) is 2.64. The second kappa shape index (κ2) is 7.69. The van der Waals surface area contributed by atoms with Crippen molar-refractivity contribution in [3.05, 3.63) is 63.6 Å². The summed E-state index contributed by atoms with van der Waals surface area (Å²) in [6.07, 6.45) is 0. The monoisotopic (exact) mass is 322 g/mol. The summed E-state index contributed by atoms with van der Waals surface area (Å²) in [5.74, 6) is 0. The van der Waals surface area contributed by atoms with E-state index in [2.05, 4.69) is 30.3 Å². The maximum Gasteiger partial charge on any atom is 0.0471 e. The van der Waals surface area contributed by atoms with Gasteiger partial charge in [-0.2, -0.15) is 0 Å². The molecule has 0 aromatic heterocycles. The highest BCUT2D eigenvalue weighted by Crippen LogP contribution is 2.28. The topological polar surface area (TPSA) is 15.3 Å². The first-order valence-corrected chi connectivity index (χ1v) is 7.81. The van der Waals surface area contributed by atoms with Gasteiger partial charge in [0.05, 0.1) is 0 Å². The third kappa shape index (κ3) is 4.37. The van der Waals surface area contributed by atoms with Crippen molar-refractivity contribution in [2.24, 2.45) is 0 Å². The lowest BCUT2D eigenvalue weighted by Crippen LogP contribution is -2.21. The van der Waals surface area contributed by atoms with Gasteiger partial charge in [0.2, 0.25) is 0 Å². The van der Waals surface area contributed by atoms with E-state index in [9.17, 15) is 0 Å². The van der Waals surface area contributed by atoms with Crippen molar-refractivity contribution >= 4 is 28.9 Å². The molecule has 0 amide bonds. The van der Waals surface area contributed by atoms with Gasteiger partial charge in [0, 0.05) is 41.4 Å².